The predicted octanol–water partition coefficient (Wildman–Crippen LogP) is 6.36. The minimum atomic E-state index is -0.967. The van der Waals surface area contributed by atoms with Crippen molar-refractivity contribution in [3.8, 4) is 5.75 Å². The topological polar surface area (TPSA) is 88.1 Å². The van der Waals surface area contributed by atoms with E-state index in [1.54, 1.807) is 19.1 Å². The number of carbonyl (C=O) groups is 2. The molecule has 7 heteroatoms. The zero-order valence-electron chi connectivity index (χ0n) is 26.6. The lowest BCUT2D eigenvalue weighted by atomic mass is 9.72. The zero-order chi connectivity index (χ0) is 30.8. The highest BCUT2D eigenvalue weighted by Gasteiger charge is 2.58. The Hall–Kier alpha value is -2.90. The maximum atomic E-state index is 14.5. The van der Waals surface area contributed by atoms with Crippen molar-refractivity contribution in [3.05, 3.63) is 65.2 Å². The first-order chi connectivity index (χ1) is 19.8. The van der Waals surface area contributed by atoms with Crippen LogP contribution in [-0.2, 0) is 26.3 Å². The van der Waals surface area contributed by atoms with E-state index in [2.05, 4.69) is 59.0 Å². The smallest absolute Gasteiger partial charge is 0.326 e. The van der Waals surface area contributed by atoms with E-state index in [0.717, 1.165) is 36.1 Å². The average Bonchev–Trinajstić information content (AvgIpc) is 3.31. The second-order valence-corrected chi connectivity index (χ2v) is 14.2. The third-order valence-electron chi connectivity index (χ3n) is 9.30. The van der Waals surface area contributed by atoms with E-state index < -0.39 is 23.5 Å². The number of benzene rings is 2. The van der Waals surface area contributed by atoms with Crippen molar-refractivity contribution in [3.63, 3.8) is 0 Å². The van der Waals surface area contributed by atoms with Gasteiger partial charge in [-0.15, -0.1) is 0 Å². The van der Waals surface area contributed by atoms with Gasteiger partial charge in [-0.3, -0.25) is 4.79 Å². The van der Waals surface area contributed by atoms with Gasteiger partial charge in [-0.25, -0.2) is 4.79 Å². The fourth-order valence-corrected chi connectivity index (χ4v) is 7.13. The van der Waals surface area contributed by atoms with Gasteiger partial charge in [-0.05, 0) is 47.3 Å². The van der Waals surface area contributed by atoms with Gasteiger partial charge in [0.25, 0.3) is 0 Å². The van der Waals surface area contributed by atoms with Crippen LogP contribution in [0.4, 0.5) is 0 Å². The Kier molecular flexibility index (Phi) is 9.73. The molecule has 1 heterocycles. The molecule has 42 heavy (non-hydrogen) atoms. The molecule has 1 aliphatic carbocycles. The molecular formula is C35H50N2O5. The van der Waals surface area contributed by atoms with Gasteiger partial charge in [-0.2, -0.15) is 0 Å². The largest absolute Gasteiger partial charge is 0.496 e. The monoisotopic (exact) mass is 578 g/mol. The van der Waals surface area contributed by atoms with E-state index in [4.69, 9.17) is 9.47 Å². The average molecular weight is 579 g/mol. The molecule has 0 spiro atoms. The van der Waals surface area contributed by atoms with E-state index in [1.807, 2.05) is 36.4 Å². The number of carboxylic acid groups (broad SMARTS) is 1. The van der Waals surface area contributed by atoms with Crippen molar-refractivity contribution in [1.82, 2.24) is 10.2 Å². The van der Waals surface area contributed by atoms with Crippen molar-refractivity contribution in [2.24, 2.45) is 17.3 Å². The second-order valence-electron chi connectivity index (χ2n) is 14.2. The Labute approximate surface area is 252 Å². The number of methoxy groups -OCH3 is 2. The zero-order valence-corrected chi connectivity index (χ0v) is 26.6. The number of hydrogen-bond acceptors (Lipinski definition) is 5. The number of hydrogen-bond donors (Lipinski definition) is 2. The molecule has 0 unspecified atom stereocenters. The molecule has 1 aliphatic heterocycles. The van der Waals surface area contributed by atoms with Crippen molar-refractivity contribution < 1.29 is 24.2 Å². The first kappa shape index (κ1) is 32.0. The minimum absolute atomic E-state index is 0.0173. The summed E-state index contributed by atoms with van der Waals surface area (Å²) >= 11 is 0. The van der Waals surface area contributed by atoms with Crippen LogP contribution in [0.15, 0.2) is 48.5 Å². The van der Waals surface area contributed by atoms with Crippen molar-refractivity contribution in [1.29, 1.82) is 0 Å². The molecule has 2 aromatic rings. The van der Waals surface area contributed by atoms with Crippen LogP contribution in [0.25, 0.3) is 0 Å². The number of ether oxygens (including phenoxy) is 2. The maximum Gasteiger partial charge on any atom is 0.326 e. The van der Waals surface area contributed by atoms with E-state index in [-0.39, 0.29) is 35.3 Å². The summed E-state index contributed by atoms with van der Waals surface area (Å²) in [5.41, 5.74) is 2.71. The predicted molar refractivity (Wildman–Crippen MR) is 165 cm³/mol. The van der Waals surface area contributed by atoms with Crippen LogP contribution >= 0.6 is 0 Å². The molecule has 6 atom stereocenters. The Balaban J connectivity index is 1.81. The summed E-state index contributed by atoms with van der Waals surface area (Å²) in [6, 6.07) is 14.5. The summed E-state index contributed by atoms with van der Waals surface area (Å²) in [5, 5.41) is 14.6. The molecular weight excluding hydrogens is 528 g/mol. The molecule has 2 aliphatic rings. The van der Waals surface area contributed by atoms with Crippen LogP contribution < -0.4 is 10.1 Å². The normalized spacial score (nSPS) is 26.7. The molecule has 230 valence electrons. The first-order valence-corrected chi connectivity index (χ1v) is 15.3. The lowest BCUT2D eigenvalue weighted by molar-refractivity contribution is -0.155. The number of nitrogens with one attached hydrogen (secondary N) is 1. The molecule has 1 amide bonds. The van der Waals surface area contributed by atoms with Crippen molar-refractivity contribution >= 4 is 11.9 Å². The van der Waals surface area contributed by atoms with Gasteiger partial charge >= 0.3 is 5.97 Å². The number of carbonyl (C=O) groups excluding carboxylic acids is 1. The minimum Gasteiger partial charge on any atom is -0.496 e. The van der Waals surface area contributed by atoms with Crippen LogP contribution in [0.5, 0.6) is 5.75 Å². The molecule has 4 rings (SSSR count). The highest BCUT2D eigenvalue weighted by atomic mass is 16.5. The second kappa shape index (κ2) is 12.8. The Morgan fingerprint density at radius 3 is 2.26 bits per heavy atom. The van der Waals surface area contributed by atoms with Gasteiger partial charge in [-0.1, -0.05) is 90.4 Å². The van der Waals surface area contributed by atoms with Crippen molar-refractivity contribution in [2.45, 2.75) is 103 Å². The van der Waals surface area contributed by atoms with Gasteiger partial charge in [0.1, 0.15) is 11.8 Å². The van der Waals surface area contributed by atoms with Crippen LogP contribution in [0.3, 0.4) is 0 Å². The molecule has 0 aromatic heterocycles. The Morgan fingerprint density at radius 1 is 1.00 bits per heavy atom. The van der Waals surface area contributed by atoms with Crippen molar-refractivity contribution in [2.75, 3.05) is 14.2 Å². The van der Waals surface area contributed by atoms with Gasteiger partial charge in [0.15, 0.2) is 0 Å². The van der Waals surface area contributed by atoms with Gasteiger partial charge in [0.2, 0.25) is 5.91 Å². The van der Waals surface area contributed by atoms with Crippen LogP contribution in [0.1, 0.15) is 90.0 Å². The molecule has 2 aromatic carbocycles. The number of likely N-dealkylation sites (tertiary alicyclic amines) is 1. The summed E-state index contributed by atoms with van der Waals surface area (Å²) in [5.74, 6) is -0.862. The summed E-state index contributed by atoms with van der Waals surface area (Å²) < 4.78 is 11.4. The number of rotatable bonds is 8. The fourth-order valence-electron chi connectivity index (χ4n) is 7.13. The summed E-state index contributed by atoms with van der Waals surface area (Å²) in [6.45, 7) is 13.3. The fraction of sp³-hybridized carbons (Fsp3) is 0.600. The summed E-state index contributed by atoms with van der Waals surface area (Å²) in [7, 11) is 3.37. The Morgan fingerprint density at radius 2 is 1.69 bits per heavy atom. The molecule has 1 saturated heterocycles. The highest BCUT2D eigenvalue weighted by Crippen LogP contribution is 2.49. The standard InChI is InChI=1S/C35H50N2O5/c1-34(2,3)25-17-18-27(42-8)24(19-25)21-36-29-28(35(4,5)6)31(33(39)40)37(30(29)22-13-10-9-11-14-22)32(38)23-15-12-16-26(20-23)41-7/h9-11,13-14,17-19,23,26,28-31,36H,12,15-16,20-21H2,1-8H3,(H,39,40)/t23-,26-,28-,29-,30-,31-/m0/s1. The first-order valence-electron chi connectivity index (χ1n) is 15.3. The number of amides is 1. The van der Waals surface area contributed by atoms with Crippen LogP contribution in [-0.4, -0.2) is 54.3 Å². The SMILES string of the molecule is COc1ccc(C(C)(C)C)cc1CN[C@H]1[C@H](C(C)(C)C)[C@@H](C(=O)O)N(C(=O)[C@H]2CCC[C@H](OC)C2)[C@H]1c1ccccc1. The van der Waals surface area contributed by atoms with E-state index in [1.165, 1.54) is 5.56 Å². The van der Waals surface area contributed by atoms with Crippen LogP contribution in [0.2, 0.25) is 0 Å². The third-order valence-corrected chi connectivity index (χ3v) is 9.30. The molecule has 0 radical (unpaired) electrons. The van der Waals surface area contributed by atoms with Gasteiger partial charge < -0.3 is 24.8 Å². The highest BCUT2D eigenvalue weighted by molar-refractivity contribution is 5.87. The van der Waals surface area contributed by atoms with E-state index in [0.29, 0.717) is 13.0 Å². The molecule has 2 N–H and O–H groups in total. The molecule has 7 nitrogen and oxygen atoms in total. The lowest BCUT2D eigenvalue weighted by Gasteiger charge is -2.36. The molecule has 1 saturated carbocycles. The third kappa shape index (κ3) is 6.68. The molecule has 2 fully saturated rings. The summed E-state index contributed by atoms with van der Waals surface area (Å²) in [4.78, 5) is 29.3. The Bertz CT molecular complexity index is 1230. The quantitative estimate of drug-likeness (QED) is 0.379. The summed E-state index contributed by atoms with van der Waals surface area (Å²) in [6.07, 6.45) is 3.20. The number of nitrogens with zero attached hydrogens (tertiary/aromatic N) is 1. The van der Waals surface area contributed by atoms with E-state index >= 15 is 0 Å². The van der Waals surface area contributed by atoms with Crippen LogP contribution in [0, 0.1) is 17.3 Å². The van der Waals surface area contributed by atoms with Gasteiger partial charge in [0, 0.05) is 37.1 Å². The van der Waals surface area contributed by atoms with E-state index in [9.17, 15) is 14.7 Å². The number of aliphatic carboxylic acids is 1. The van der Waals surface area contributed by atoms with Gasteiger partial charge in [0.05, 0.1) is 19.3 Å². The molecule has 0 bridgehead atoms. The maximum absolute atomic E-state index is 14.5. The lowest BCUT2D eigenvalue weighted by Crippen LogP contribution is -2.49. The number of carboxylic acids is 1.